The number of nitrogens with zero attached hydrogens (tertiary/aromatic N) is 8. The van der Waals surface area contributed by atoms with Gasteiger partial charge in [-0.2, -0.15) is 13.2 Å². The van der Waals surface area contributed by atoms with Gasteiger partial charge in [0.1, 0.15) is 23.0 Å². The number of carboxylic acid groups (broad SMARTS) is 1. The first-order valence-corrected chi connectivity index (χ1v) is 15.2. The molecule has 5 heterocycles. The van der Waals surface area contributed by atoms with E-state index in [0.29, 0.717) is 37.2 Å². The van der Waals surface area contributed by atoms with Gasteiger partial charge in [-0.3, -0.25) is 4.57 Å². The number of amides is 1. The number of likely N-dealkylation sites (tertiary alicyclic amines) is 1. The van der Waals surface area contributed by atoms with Crippen molar-refractivity contribution in [2.75, 3.05) is 18.4 Å². The highest BCUT2D eigenvalue weighted by molar-refractivity contribution is 7.90. The van der Waals surface area contributed by atoms with E-state index in [1.54, 1.807) is 24.5 Å². The molecule has 1 atom stereocenters. The van der Waals surface area contributed by atoms with Crippen molar-refractivity contribution in [1.82, 2.24) is 38.6 Å². The van der Waals surface area contributed by atoms with Gasteiger partial charge in [0.25, 0.3) is 10.0 Å². The fourth-order valence-electron chi connectivity index (χ4n) is 5.38. The summed E-state index contributed by atoms with van der Waals surface area (Å²) in [5, 5.41) is 20.5. The van der Waals surface area contributed by atoms with Crippen LogP contribution in [0.15, 0.2) is 59.8 Å². The Balaban J connectivity index is 1.55. The number of piperidine rings is 1. The Morgan fingerprint density at radius 2 is 1.76 bits per heavy atom. The van der Waals surface area contributed by atoms with Crippen LogP contribution in [0.4, 0.5) is 23.9 Å². The lowest BCUT2D eigenvalue weighted by Crippen LogP contribution is -2.44. The molecule has 0 saturated carbocycles. The molecule has 1 fully saturated rings. The van der Waals surface area contributed by atoms with Crippen LogP contribution >= 0.6 is 0 Å². The van der Waals surface area contributed by atoms with Gasteiger partial charge in [0.05, 0.1) is 10.6 Å². The molecule has 0 radical (unpaired) electrons. The zero-order valence-electron chi connectivity index (χ0n) is 23.9. The Morgan fingerprint density at radius 1 is 1.04 bits per heavy atom. The zero-order chi connectivity index (χ0) is 32.1. The molecule has 0 aliphatic carbocycles. The van der Waals surface area contributed by atoms with Crippen molar-refractivity contribution in [1.29, 1.82) is 0 Å². The van der Waals surface area contributed by atoms with Gasteiger partial charge in [-0.05, 0) is 51.0 Å². The van der Waals surface area contributed by atoms with E-state index in [0.717, 1.165) is 10.2 Å². The van der Waals surface area contributed by atoms with Gasteiger partial charge in [-0.25, -0.2) is 32.1 Å². The summed E-state index contributed by atoms with van der Waals surface area (Å²) >= 11 is 0. The summed E-state index contributed by atoms with van der Waals surface area (Å²) in [6.45, 7) is 3.80. The maximum Gasteiger partial charge on any atom is 0.419 e. The molecule has 5 aromatic rings. The molecule has 234 valence electrons. The van der Waals surface area contributed by atoms with Crippen LogP contribution in [0.2, 0.25) is 0 Å². The highest BCUT2D eigenvalue weighted by atomic mass is 32.2. The minimum atomic E-state index is -4.89. The lowest BCUT2D eigenvalue weighted by molar-refractivity contribution is -0.137. The number of carbonyl (C=O) groups is 1. The Labute approximate surface area is 254 Å². The van der Waals surface area contributed by atoms with Gasteiger partial charge in [-0.1, -0.05) is 18.2 Å². The van der Waals surface area contributed by atoms with Crippen LogP contribution in [0, 0.1) is 13.8 Å². The molecule has 0 unspecified atom stereocenters. The predicted molar refractivity (Wildman–Crippen MR) is 155 cm³/mol. The van der Waals surface area contributed by atoms with Crippen molar-refractivity contribution >= 4 is 33.1 Å². The van der Waals surface area contributed by atoms with Crippen molar-refractivity contribution in [2.45, 2.75) is 43.8 Å². The quantitative estimate of drug-likeness (QED) is 0.270. The second-order valence-corrected chi connectivity index (χ2v) is 12.3. The van der Waals surface area contributed by atoms with E-state index in [-0.39, 0.29) is 39.8 Å². The van der Waals surface area contributed by atoms with Gasteiger partial charge < -0.3 is 15.3 Å². The molecule has 17 heteroatoms. The van der Waals surface area contributed by atoms with Gasteiger partial charge >= 0.3 is 12.3 Å². The van der Waals surface area contributed by atoms with Crippen molar-refractivity contribution in [3.8, 4) is 17.1 Å². The van der Waals surface area contributed by atoms with Crippen molar-refractivity contribution in [3.05, 3.63) is 72.1 Å². The number of hydrogen-bond acceptors (Lipinski definition) is 9. The first-order valence-electron chi connectivity index (χ1n) is 13.8. The fraction of sp³-hybridized carbons (Fsp3) is 0.286. The molecule has 1 saturated heterocycles. The van der Waals surface area contributed by atoms with Crippen molar-refractivity contribution < 1.29 is 31.5 Å². The number of anilines is 1. The van der Waals surface area contributed by atoms with E-state index >= 15 is 0 Å². The second kappa shape index (κ2) is 11.1. The summed E-state index contributed by atoms with van der Waals surface area (Å²) in [5.74, 6) is 1.04. The average Bonchev–Trinajstić information content (AvgIpc) is 3.56. The number of alkyl halides is 3. The van der Waals surface area contributed by atoms with Crippen LogP contribution in [-0.4, -0.2) is 77.3 Å². The summed E-state index contributed by atoms with van der Waals surface area (Å²) in [4.78, 5) is 25.3. The molecule has 0 bridgehead atoms. The molecule has 13 nitrogen and oxygen atoms in total. The van der Waals surface area contributed by atoms with E-state index in [1.807, 2.05) is 0 Å². The Morgan fingerprint density at radius 3 is 2.42 bits per heavy atom. The maximum atomic E-state index is 14.4. The number of nitrogens with one attached hydrogen (secondary N) is 1. The first kappa shape index (κ1) is 30.0. The lowest BCUT2D eigenvalue weighted by Gasteiger charge is -2.31. The fourth-order valence-corrected chi connectivity index (χ4v) is 6.72. The van der Waals surface area contributed by atoms with E-state index in [9.17, 15) is 31.5 Å². The standard InChI is InChI=1S/C28H26F3N9O4S/c1-16-36-37-17(2)40(16)23-11-10-20-21(15-39(25(20)34-23)45(43,44)19-8-4-3-5-9-19)24-22(28(29,30)31)13-32-26(35-24)33-18-7-6-12-38(14-18)27(41)42/h3-5,8-11,13,15,18H,6-7,12,14H2,1-2H3,(H,41,42)(H,32,33,35)/t18-/m0/s1. The third kappa shape index (κ3) is 5.54. The normalized spacial score (nSPS) is 15.8. The summed E-state index contributed by atoms with van der Waals surface area (Å²) in [6, 6.07) is 10.0. The molecule has 1 aromatic carbocycles. The third-order valence-electron chi connectivity index (χ3n) is 7.50. The highest BCUT2D eigenvalue weighted by Crippen LogP contribution is 2.40. The van der Waals surface area contributed by atoms with Crippen molar-refractivity contribution in [3.63, 3.8) is 0 Å². The van der Waals surface area contributed by atoms with Gasteiger partial charge in [0, 0.05) is 42.5 Å². The highest BCUT2D eigenvalue weighted by Gasteiger charge is 2.37. The smallest absolute Gasteiger partial charge is 0.419 e. The summed E-state index contributed by atoms with van der Waals surface area (Å²) < 4.78 is 73.3. The van der Waals surface area contributed by atoms with Crippen LogP contribution in [0.5, 0.6) is 0 Å². The largest absolute Gasteiger partial charge is 0.465 e. The van der Waals surface area contributed by atoms with E-state index in [2.05, 4.69) is 30.5 Å². The first-order chi connectivity index (χ1) is 21.3. The summed E-state index contributed by atoms with van der Waals surface area (Å²) in [7, 11) is -4.34. The van der Waals surface area contributed by atoms with E-state index in [1.165, 1.54) is 41.3 Å². The number of hydrogen-bond donors (Lipinski definition) is 2. The maximum absolute atomic E-state index is 14.4. The number of pyridine rings is 1. The average molecular weight is 642 g/mol. The Bertz CT molecular complexity index is 2010. The minimum Gasteiger partial charge on any atom is -0.465 e. The van der Waals surface area contributed by atoms with Crippen LogP contribution < -0.4 is 5.32 Å². The van der Waals surface area contributed by atoms with Crippen LogP contribution in [-0.2, 0) is 16.2 Å². The second-order valence-electron chi connectivity index (χ2n) is 10.5. The lowest BCUT2D eigenvalue weighted by atomic mass is 10.1. The molecule has 45 heavy (non-hydrogen) atoms. The van der Waals surface area contributed by atoms with Crippen LogP contribution in [0.1, 0.15) is 30.1 Å². The number of fused-ring (bicyclic) bond motifs is 1. The van der Waals surface area contributed by atoms with E-state index < -0.39 is 39.6 Å². The van der Waals surface area contributed by atoms with Crippen LogP contribution in [0.3, 0.4) is 0 Å². The topological polar surface area (TPSA) is 161 Å². The third-order valence-corrected chi connectivity index (χ3v) is 9.16. The molecule has 4 aromatic heterocycles. The predicted octanol–water partition coefficient (Wildman–Crippen LogP) is 4.50. The molecule has 0 spiro atoms. The van der Waals surface area contributed by atoms with Crippen LogP contribution in [0.25, 0.3) is 28.1 Å². The van der Waals surface area contributed by atoms with Gasteiger partial charge in [-0.15, -0.1) is 10.2 Å². The molecule has 6 rings (SSSR count). The minimum absolute atomic E-state index is 0.0894. The van der Waals surface area contributed by atoms with Gasteiger partial charge in [0.15, 0.2) is 5.65 Å². The number of benzene rings is 1. The van der Waals surface area contributed by atoms with E-state index in [4.69, 9.17) is 0 Å². The molecule has 1 aliphatic heterocycles. The molecule has 1 amide bonds. The number of aromatic nitrogens is 7. The molecule has 2 N–H and O–H groups in total. The summed E-state index contributed by atoms with van der Waals surface area (Å²) in [5.41, 5.74) is -2.03. The zero-order valence-corrected chi connectivity index (χ0v) is 24.7. The number of rotatable bonds is 6. The Kier molecular flexibility index (Phi) is 7.42. The SMILES string of the molecule is Cc1nnc(C)n1-c1ccc2c(-c3nc(N[C@H]4CCCN(C(=O)O)C4)ncc3C(F)(F)F)cn(S(=O)(=O)c3ccccc3)c2n1. The van der Waals surface area contributed by atoms with Crippen molar-refractivity contribution in [2.24, 2.45) is 0 Å². The molecular weight excluding hydrogens is 615 g/mol. The number of halogens is 3. The molecular formula is C28H26F3N9O4S. The monoisotopic (exact) mass is 641 g/mol. The summed E-state index contributed by atoms with van der Waals surface area (Å²) in [6.07, 6.45) is -3.21. The number of aryl methyl sites for hydroxylation is 2. The molecule has 1 aliphatic rings. The van der Waals surface area contributed by atoms with Gasteiger partial charge in [0.2, 0.25) is 5.95 Å². The Hall–Kier alpha value is -5.06.